The van der Waals surface area contributed by atoms with Crippen molar-refractivity contribution in [3.05, 3.63) is 35.4 Å². The van der Waals surface area contributed by atoms with Gasteiger partial charge in [-0.1, -0.05) is 31.0 Å². The van der Waals surface area contributed by atoms with Crippen LogP contribution in [0.4, 0.5) is 0 Å². The van der Waals surface area contributed by atoms with Crippen molar-refractivity contribution in [1.29, 1.82) is 0 Å². The molecule has 0 aromatic heterocycles. The van der Waals surface area contributed by atoms with E-state index in [1.54, 1.807) is 23.6 Å². The van der Waals surface area contributed by atoms with Crippen LogP contribution >= 0.6 is 11.8 Å². The molecule has 6 nitrogen and oxygen atoms in total. The third-order valence-corrected chi connectivity index (χ3v) is 6.75. The van der Waals surface area contributed by atoms with E-state index in [9.17, 15) is 14.4 Å². The van der Waals surface area contributed by atoms with Gasteiger partial charge in [0.1, 0.15) is 17.5 Å². The monoisotopic (exact) mass is 373 g/mol. The van der Waals surface area contributed by atoms with Gasteiger partial charge < -0.3 is 15.5 Å². The van der Waals surface area contributed by atoms with Gasteiger partial charge in [0.15, 0.2) is 0 Å². The van der Waals surface area contributed by atoms with Crippen LogP contribution in [0.5, 0.6) is 0 Å². The SMILES string of the molecule is C[C@H](NC(=O)[C@@H]1CSC2c3ccccc3C(=O)N21)C(=O)NC1CCCC1. The Morgan fingerprint density at radius 2 is 1.96 bits per heavy atom. The molecule has 2 aliphatic heterocycles. The predicted octanol–water partition coefficient (Wildman–Crippen LogP) is 1.82. The van der Waals surface area contributed by atoms with E-state index >= 15 is 0 Å². The Bertz CT molecular complexity index is 747. The molecule has 1 saturated carbocycles. The van der Waals surface area contributed by atoms with Crippen LogP contribution in [0.15, 0.2) is 24.3 Å². The fraction of sp³-hybridized carbons (Fsp3) is 0.526. The van der Waals surface area contributed by atoms with Crippen molar-refractivity contribution in [2.45, 2.75) is 56.1 Å². The van der Waals surface area contributed by atoms with Gasteiger partial charge in [-0.05, 0) is 31.4 Å². The number of rotatable bonds is 4. The topological polar surface area (TPSA) is 78.5 Å². The van der Waals surface area contributed by atoms with Gasteiger partial charge in [-0.15, -0.1) is 11.8 Å². The molecular weight excluding hydrogens is 350 g/mol. The van der Waals surface area contributed by atoms with E-state index in [4.69, 9.17) is 0 Å². The minimum atomic E-state index is -0.604. The van der Waals surface area contributed by atoms with Crippen LogP contribution in [-0.4, -0.2) is 46.5 Å². The molecule has 0 bridgehead atoms. The first-order chi connectivity index (χ1) is 12.6. The van der Waals surface area contributed by atoms with Crippen molar-refractivity contribution in [3.8, 4) is 0 Å². The van der Waals surface area contributed by atoms with Crippen molar-refractivity contribution < 1.29 is 14.4 Å². The second-order valence-electron chi connectivity index (χ2n) is 7.22. The van der Waals surface area contributed by atoms with Crippen LogP contribution in [0.3, 0.4) is 0 Å². The molecular formula is C19H23N3O3S. The normalized spacial score (nSPS) is 25.7. The lowest BCUT2D eigenvalue weighted by molar-refractivity contribution is -0.130. The molecule has 1 saturated heterocycles. The number of hydrogen-bond acceptors (Lipinski definition) is 4. The van der Waals surface area contributed by atoms with E-state index in [0.29, 0.717) is 11.3 Å². The van der Waals surface area contributed by atoms with Crippen LogP contribution in [0, 0.1) is 0 Å². The van der Waals surface area contributed by atoms with Crippen LogP contribution in [-0.2, 0) is 9.59 Å². The molecule has 1 aliphatic carbocycles. The third-order valence-electron chi connectivity index (χ3n) is 5.45. The van der Waals surface area contributed by atoms with Gasteiger partial charge in [0.2, 0.25) is 11.8 Å². The van der Waals surface area contributed by atoms with Gasteiger partial charge >= 0.3 is 0 Å². The zero-order valence-corrected chi connectivity index (χ0v) is 15.6. The molecule has 2 heterocycles. The number of carbonyl (C=O) groups excluding carboxylic acids is 3. The van der Waals surface area contributed by atoms with Crippen LogP contribution in [0.1, 0.15) is 53.9 Å². The van der Waals surface area contributed by atoms with Gasteiger partial charge in [0.25, 0.3) is 5.91 Å². The number of nitrogens with zero attached hydrogens (tertiary/aromatic N) is 1. The van der Waals surface area contributed by atoms with Crippen LogP contribution in [0.2, 0.25) is 0 Å². The van der Waals surface area contributed by atoms with E-state index in [-0.39, 0.29) is 29.1 Å². The van der Waals surface area contributed by atoms with Crippen molar-refractivity contribution in [1.82, 2.24) is 15.5 Å². The van der Waals surface area contributed by atoms with Gasteiger partial charge in [-0.2, -0.15) is 0 Å². The largest absolute Gasteiger partial charge is 0.352 e. The van der Waals surface area contributed by atoms with E-state index in [2.05, 4.69) is 10.6 Å². The summed E-state index contributed by atoms with van der Waals surface area (Å²) < 4.78 is 0. The number of thioether (sulfide) groups is 1. The Morgan fingerprint density at radius 1 is 1.23 bits per heavy atom. The Morgan fingerprint density at radius 3 is 2.73 bits per heavy atom. The molecule has 26 heavy (non-hydrogen) atoms. The first-order valence-electron chi connectivity index (χ1n) is 9.20. The number of fused-ring (bicyclic) bond motifs is 3. The van der Waals surface area contributed by atoms with Crippen LogP contribution < -0.4 is 10.6 Å². The number of amides is 3. The molecule has 0 spiro atoms. The quantitative estimate of drug-likeness (QED) is 0.844. The highest BCUT2D eigenvalue weighted by Crippen LogP contribution is 2.48. The Kier molecular flexibility index (Phi) is 4.65. The maximum absolute atomic E-state index is 12.7. The molecule has 1 aromatic carbocycles. The Labute approximate surface area is 157 Å². The summed E-state index contributed by atoms with van der Waals surface area (Å²) in [6.07, 6.45) is 4.30. The summed E-state index contributed by atoms with van der Waals surface area (Å²) in [6.45, 7) is 1.70. The summed E-state index contributed by atoms with van der Waals surface area (Å²) in [5.41, 5.74) is 1.65. The number of hydrogen-bond donors (Lipinski definition) is 2. The average Bonchev–Trinajstić information content (AvgIpc) is 3.34. The van der Waals surface area contributed by atoms with Crippen molar-refractivity contribution in [2.75, 3.05) is 5.75 Å². The molecule has 3 atom stereocenters. The van der Waals surface area contributed by atoms with E-state index < -0.39 is 12.1 Å². The lowest BCUT2D eigenvalue weighted by Gasteiger charge is -2.24. The third kappa shape index (κ3) is 2.98. The molecule has 0 radical (unpaired) electrons. The molecule has 1 unspecified atom stereocenters. The molecule has 2 fully saturated rings. The first kappa shape index (κ1) is 17.4. The second-order valence-corrected chi connectivity index (χ2v) is 8.33. The Hall–Kier alpha value is -2.02. The molecule has 4 rings (SSSR count). The highest BCUT2D eigenvalue weighted by Gasteiger charge is 2.48. The van der Waals surface area contributed by atoms with Crippen molar-refractivity contribution >= 4 is 29.5 Å². The number of carbonyl (C=O) groups is 3. The van der Waals surface area contributed by atoms with Gasteiger partial charge in [0, 0.05) is 17.4 Å². The fourth-order valence-corrected chi connectivity index (χ4v) is 5.48. The fourth-order valence-electron chi connectivity index (χ4n) is 4.01. The first-order valence-corrected chi connectivity index (χ1v) is 10.2. The second kappa shape index (κ2) is 6.95. The minimum Gasteiger partial charge on any atom is -0.352 e. The summed E-state index contributed by atoms with van der Waals surface area (Å²) >= 11 is 1.60. The zero-order chi connectivity index (χ0) is 18.3. The molecule has 138 valence electrons. The van der Waals surface area contributed by atoms with Crippen molar-refractivity contribution in [3.63, 3.8) is 0 Å². The number of nitrogens with one attached hydrogen (secondary N) is 2. The molecule has 3 aliphatic rings. The molecule has 3 amide bonds. The van der Waals surface area contributed by atoms with Gasteiger partial charge in [-0.3, -0.25) is 14.4 Å². The summed E-state index contributed by atoms with van der Waals surface area (Å²) in [6, 6.07) is 6.60. The smallest absolute Gasteiger partial charge is 0.256 e. The van der Waals surface area contributed by atoms with E-state index in [0.717, 1.165) is 31.2 Å². The minimum absolute atomic E-state index is 0.0983. The maximum atomic E-state index is 12.7. The summed E-state index contributed by atoms with van der Waals surface area (Å²) in [5.74, 6) is 0.0469. The lowest BCUT2D eigenvalue weighted by Crippen LogP contribution is -2.53. The summed E-state index contributed by atoms with van der Waals surface area (Å²) in [7, 11) is 0. The van der Waals surface area contributed by atoms with E-state index in [1.807, 2.05) is 24.3 Å². The summed E-state index contributed by atoms with van der Waals surface area (Å²) in [4.78, 5) is 39.4. The summed E-state index contributed by atoms with van der Waals surface area (Å²) in [5, 5.41) is 5.70. The van der Waals surface area contributed by atoms with E-state index in [1.165, 1.54) is 0 Å². The zero-order valence-electron chi connectivity index (χ0n) is 14.7. The van der Waals surface area contributed by atoms with Crippen molar-refractivity contribution in [2.24, 2.45) is 0 Å². The Balaban J connectivity index is 1.40. The molecule has 2 N–H and O–H groups in total. The van der Waals surface area contributed by atoms with Gasteiger partial charge in [0.05, 0.1) is 0 Å². The highest BCUT2D eigenvalue weighted by molar-refractivity contribution is 7.99. The standard InChI is InChI=1S/C19H23N3O3S/c1-11(16(23)21-12-6-2-3-7-12)20-17(24)15-10-26-19-14-9-5-4-8-13(14)18(25)22(15)19/h4-5,8-9,11-12,15,19H,2-3,6-7,10H2,1H3,(H,20,24)(H,21,23)/t11-,15-,19?/m0/s1. The average molecular weight is 373 g/mol. The van der Waals surface area contributed by atoms with Gasteiger partial charge in [-0.25, -0.2) is 0 Å². The predicted molar refractivity (Wildman–Crippen MR) is 99.6 cm³/mol. The highest BCUT2D eigenvalue weighted by atomic mass is 32.2. The van der Waals surface area contributed by atoms with Crippen LogP contribution in [0.25, 0.3) is 0 Å². The number of benzene rings is 1. The maximum Gasteiger partial charge on any atom is 0.256 e. The molecule has 7 heteroatoms. The molecule has 1 aromatic rings. The lowest BCUT2D eigenvalue weighted by atomic mass is 10.1.